The molecule has 4 heterocycles. The highest BCUT2D eigenvalue weighted by Crippen LogP contribution is 2.35. The van der Waals surface area contributed by atoms with Gasteiger partial charge in [-0.2, -0.15) is 5.10 Å². The zero-order chi connectivity index (χ0) is 22.8. The van der Waals surface area contributed by atoms with Gasteiger partial charge in [-0.05, 0) is 49.6 Å². The third-order valence-corrected chi connectivity index (χ3v) is 6.79. The highest BCUT2D eigenvalue weighted by Gasteiger charge is 2.33. The highest BCUT2D eigenvalue weighted by atomic mass is 19.1. The summed E-state index contributed by atoms with van der Waals surface area (Å²) in [6.45, 7) is 6.77. The molecule has 0 bridgehead atoms. The fourth-order valence-electron chi connectivity index (χ4n) is 4.91. The van der Waals surface area contributed by atoms with Gasteiger partial charge in [0.1, 0.15) is 5.67 Å². The van der Waals surface area contributed by atoms with Crippen LogP contribution < -0.4 is 15.5 Å². The summed E-state index contributed by atoms with van der Waals surface area (Å²) >= 11 is 0. The van der Waals surface area contributed by atoms with Crippen molar-refractivity contribution in [1.29, 1.82) is 0 Å². The van der Waals surface area contributed by atoms with Crippen LogP contribution in [0.15, 0.2) is 48.8 Å². The Morgan fingerprint density at radius 1 is 1.15 bits per heavy atom. The predicted octanol–water partition coefficient (Wildman–Crippen LogP) is 3.40. The van der Waals surface area contributed by atoms with E-state index < -0.39 is 5.67 Å². The van der Waals surface area contributed by atoms with Crippen LogP contribution in [0.5, 0.6) is 0 Å². The van der Waals surface area contributed by atoms with E-state index in [0.717, 1.165) is 53.9 Å². The summed E-state index contributed by atoms with van der Waals surface area (Å²) in [5, 5.41) is 10.5. The third-order valence-electron chi connectivity index (χ3n) is 6.79. The predicted molar refractivity (Wildman–Crippen MR) is 128 cm³/mol. The maximum Gasteiger partial charge on any atom is 0.317 e. The number of nitrogens with zero attached hydrogens (tertiary/aromatic N) is 4. The minimum absolute atomic E-state index is 0.00418. The Bertz CT molecular complexity index is 1110. The molecule has 7 nitrogen and oxygen atoms in total. The molecular formula is C25H31FN6O. The molecule has 2 aromatic heterocycles. The van der Waals surface area contributed by atoms with E-state index in [9.17, 15) is 4.79 Å². The van der Waals surface area contributed by atoms with Crippen molar-refractivity contribution >= 4 is 17.2 Å². The van der Waals surface area contributed by atoms with Crippen LogP contribution in [0.2, 0.25) is 0 Å². The van der Waals surface area contributed by atoms with Crippen molar-refractivity contribution in [3.05, 3.63) is 54.4 Å². The van der Waals surface area contributed by atoms with Crippen molar-refractivity contribution in [1.82, 2.24) is 25.1 Å². The van der Waals surface area contributed by atoms with E-state index in [2.05, 4.69) is 26.7 Å². The van der Waals surface area contributed by atoms with Gasteiger partial charge in [-0.25, -0.2) is 13.7 Å². The summed E-state index contributed by atoms with van der Waals surface area (Å²) < 4.78 is 17.2. The van der Waals surface area contributed by atoms with Crippen LogP contribution in [0.3, 0.4) is 0 Å². The van der Waals surface area contributed by atoms with Crippen LogP contribution in [0.1, 0.15) is 25.3 Å². The van der Waals surface area contributed by atoms with Crippen LogP contribution in [0, 0.1) is 0 Å². The van der Waals surface area contributed by atoms with Gasteiger partial charge in [-0.1, -0.05) is 24.3 Å². The number of halogens is 1. The van der Waals surface area contributed by atoms with Gasteiger partial charge in [0.25, 0.3) is 0 Å². The molecule has 0 saturated carbocycles. The summed E-state index contributed by atoms with van der Waals surface area (Å²) in [5.41, 5.74) is 3.69. The second-order valence-electron chi connectivity index (χ2n) is 8.91. The largest absolute Gasteiger partial charge is 0.366 e. The second kappa shape index (κ2) is 9.02. The maximum absolute atomic E-state index is 15.3. The number of anilines is 1. The first-order valence-corrected chi connectivity index (χ1v) is 11.8. The van der Waals surface area contributed by atoms with Gasteiger partial charge in [0.15, 0.2) is 0 Å². The standard InChI is InChI=1S/C25H31FN6O/c1-2-28-24(33)31-14-12-30(13-15-31)22-8-11-29-32-17-20(16-23(22)32)19-4-6-21(7-5-19)25(26)9-3-10-27-18-25/h4-8,11,16-17,27H,2-3,9-10,12-15,18H2,1H3,(H,28,33)/t25-/m1/s1. The summed E-state index contributed by atoms with van der Waals surface area (Å²) in [5.74, 6) is 0. The number of alkyl halides is 1. The van der Waals surface area contributed by atoms with Crippen LogP contribution in [0.4, 0.5) is 14.9 Å². The molecule has 174 valence electrons. The van der Waals surface area contributed by atoms with Crippen molar-refractivity contribution in [2.45, 2.75) is 25.4 Å². The number of aromatic nitrogens is 2. The number of piperazine rings is 1. The molecule has 0 aliphatic carbocycles. The number of carbonyl (C=O) groups excluding carboxylic acids is 1. The lowest BCUT2D eigenvalue weighted by Gasteiger charge is -2.36. The van der Waals surface area contributed by atoms with E-state index in [4.69, 9.17) is 0 Å². The van der Waals surface area contributed by atoms with Crippen molar-refractivity contribution in [2.24, 2.45) is 0 Å². The molecule has 2 aliphatic heterocycles. The monoisotopic (exact) mass is 450 g/mol. The zero-order valence-corrected chi connectivity index (χ0v) is 19.1. The van der Waals surface area contributed by atoms with Crippen molar-refractivity contribution < 1.29 is 9.18 Å². The van der Waals surface area contributed by atoms with E-state index in [1.165, 1.54) is 0 Å². The molecular weight excluding hydrogens is 419 g/mol. The van der Waals surface area contributed by atoms with E-state index >= 15 is 4.39 Å². The molecule has 2 aliphatic rings. The molecule has 2 fully saturated rings. The van der Waals surface area contributed by atoms with Crippen LogP contribution in [0.25, 0.3) is 16.6 Å². The second-order valence-corrected chi connectivity index (χ2v) is 8.91. The normalized spacial score (nSPS) is 21.4. The number of hydrogen-bond donors (Lipinski definition) is 2. The first-order chi connectivity index (χ1) is 16.1. The number of hydrogen-bond acceptors (Lipinski definition) is 4. The van der Waals surface area contributed by atoms with E-state index in [1.54, 1.807) is 0 Å². The smallest absolute Gasteiger partial charge is 0.317 e. The number of piperidine rings is 1. The summed E-state index contributed by atoms with van der Waals surface area (Å²) in [7, 11) is 0. The molecule has 2 amide bonds. The number of amides is 2. The Morgan fingerprint density at radius 3 is 2.64 bits per heavy atom. The third kappa shape index (κ3) is 4.27. The molecule has 1 aromatic carbocycles. The first-order valence-electron chi connectivity index (χ1n) is 11.8. The number of benzene rings is 1. The van der Waals surface area contributed by atoms with Gasteiger partial charge in [0.2, 0.25) is 0 Å². The number of fused-ring (bicyclic) bond motifs is 1. The Balaban J connectivity index is 1.36. The molecule has 1 atom stereocenters. The van der Waals surface area contributed by atoms with Gasteiger partial charge in [-0.15, -0.1) is 0 Å². The quantitative estimate of drug-likeness (QED) is 0.640. The van der Waals surface area contributed by atoms with Gasteiger partial charge >= 0.3 is 6.03 Å². The number of urea groups is 1. The molecule has 33 heavy (non-hydrogen) atoms. The summed E-state index contributed by atoms with van der Waals surface area (Å²) in [6.07, 6.45) is 5.26. The molecule has 0 unspecified atom stereocenters. The Hall–Kier alpha value is -3.13. The lowest BCUT2D eigenvalue weighted by Crippen LogP contribution is -2.51. The molecule has 5 rings (SSSR count). The average Bonchev–Trinajstić information content (AvgIpc) is 3.29. The number of nitrogens with one attached hydrogen (secondary N) is 2. The van der Waals surface area contributed by atoms with Gasteiger partial charge in [-0.3, -0.25) is 0 Å². The average molecular weight is 451 g/mol. The maximum atomic E-state index is 15.3. The van der Waals surface area contributed by atoms with E-state index in [1.807, 2.05) is 59.1 Å². The lowest BCUT2D eigenvalue weighted by molar-refractivity contribution is 0.122. The molecule has 2 N–H and O–H groups in total. The molecule has 3 aromatic rings. The van der Waals surface area contributed by atoms with Gasteiger partial charge < -0.3 is 20.4 Å². The van der Waals surface area contributed by atoms with Crippen LogP contribution >= 0.6 is 0 Å². The number of rotatable bonds is 4. The van der Waals surface area contributed by atoms with Crippen LogP contribution in [-0.4, -0.2) is 66.4 Å². The Morgan fingerprint density at radius 2 is 1.94 bits per heavy atom. The highest BCUT2D eigenvalue weighted by molar-refractivity contribution is 5.80. The fraction of sp³-hybridized carbons (Fsp3) is 0.440. The molecule has 8 heteroatoms. The number of carbonyl (C=O) groups is 1. The van der Waals surface area contributed by atoms with Crippen molar-refractivity contribution in [2.75, 3.05) is 50.7 Å². The van der Waals surface area contributed by atoms with Crippen molar-refractivity contribution in [3.8, 4) is 11.1 Å². The lowest BCUT2D eigenvalue weighted by atomic mass is 9.87. The molecule has 2 saturated heterocycles. The van der Waals surface area contributed by atoms with Crippen molar-refractivity contribution in [3.63, 3.8) is 0 Å². The minimum atomic E-state index is -1.28. The van der Waals surface area contributed by atoms with Crippen LogP contribution in [-0.2, 0) is 5.67 Å². The zero-order valence-electron chi connectivity index (χ0n) is 19.1. The minimum Gasteiger partial charge on any atom is -0.366 e. The fourth-order valence-corrected chi connectivity index (χ4v) is 4.91. The first kappa shape index (κ1) is 21.7. The molecule has 0 spiro atoms. The Kier molecular flexibility index (Phi) is 5.93. The van der Waals surface area contributed by atoms with E-state index in [0.29, 0.717) is 32.6 Å². The topological polar surface area (TPSA) is 64.9 Å². The van der Waals surface area contributed by atoms with Gasteiger partial charge in [0, 0.05) is 57.2 Å². The summed E-state index contributed by atoms with van der Waals surface area (Å²) in [4.78, 5) is 16.3. The van der Waals surface area contributed by atoms with Gasteiger partial charge in [0.05, 0.1) is 11.2 Å². The summed E-state index contributed by atoms with van der Waals surface area (Å²) in [6, 6.07) is 12.0. The Labute approximate surface area is 193 Å². The van der Waals surface area contributed by atoms with E-state index in [-0.39, 0.29) is 6.03 Å². The SMILES string of the molecule is CCNC(=O)N1CCN(c2ccnn3cc(-c4ccc([C@@]5(F)CCCNC5)cc4)cc23)CC1. The molecule has 0 radical (unpaired) electrons.